The van der Waals surface area contributed by atoms with Crippen molar-refractivity contribution in [1.82, 2.24) is 10.6 Å². The smallest absolute Gasteiger partial charge is 0.332 e. The average molecular weight is 1130 g/mol. The zero-order chi connectivity index (χ0) is 57.5. The zero-order valence-electron chi connectivity index (χ0n) is 49.0. The lowest BCUT2D eigenvalue weighted by atomic mass is 10.0. The van der Waals surface area contributed by atoms with Crippen molar-refractivity contribution in [2.75, 3.05) is 53.7 Å². The minimum absolute atomic E-state index is 0.0222. The van der Waals surface area contributed by atoms with Crippen LogP contribution in [-0.4, -0.2) is 134 Å². The molecule has 0 bridgehead atoms. The first kappa shape index (κ1) is 75.2. The molecule has 5 unspecified atom stereocenters. The van der Waals surface area contributed by atoms with E-state index in [1.165, 1.54) is 161 Å². The van der Waals surface area contributed by atoms with Crippen molar-refractivity contribution in [2.45, 2.75) is 269 Å². The van der Waals surface area contributed by atoms with Crippen LogP contribution in [0.15, 0.2) is 24.3 Å². The van der Waals surface area contributed by atoms with E-state index in [-0.39, 0.29) is 43.9 Å². The lowest BCUT2D eigenvalue weighted by Gasteiger charge is -2.27. The van der Waals surface area contributed by atoms with Gasteiger partial charge in [0.25, 0.3) is 0 Å². The number of esters is 2. The molecule has 1 aromatic rings. The molecule has 0 heterocycles. The van der Waals surface area contributed by atoms with Gasteiger partial charge in [-0.05, 0) is 44.0 Å². The molecule has 17 nitrogen and oxygen atoms in total. The Balaban J connectivity index is 0.00000190. The number of benzene rings is 1. The van der Waals surface area contributed by atoms with Gasteiger partial charge in [-0.3, -0.25) is 14.4 Å². The highest BCUT2D eigenvalue weighted by atomic mass is 31.2. The third kappa shape index (κ3) is 46.9. The summed E-state index contributed by atoms with van der Waals surface area (Å²) in [6.07, 6.45) is 33.2. The van der Waals surface area contributed by atoms with E-state index in [2.05, 4.69) is 24.5 Å². The molecule has 0 aliphatic rings. The van der Waals surface area contributed by atoms with Crippen molar-refractivity contribution in [3.05, 3.63) is 29.8 Å². The van der Waals surface area contributed by atoms with Crippen LogP contribution >= 0.6 is 8.60 Å². The highest BCUT2D eigenvalue weighted by Crippen LogP contribution is 2.38. The molecule has 78 heavy (non-hydrogen) atoms. The molecule has 456 valence electrons. The van der Waals surface area contributed by atoms with Crippen LogP contribution in [0.1, 0.15) is 238 Å². The molecule has 0 aliphatic heterocycles. The number of aldehydes is 1. The van der Waals surface area contributed by atoms with Crippen LogP contribution in [0, 0.1) is 0 Å². The second kappa shape index (κ2) is 56.1. The van der Waals surface area contributed by atoms with Crippen molar-refractivity contribution in [1.29, 1.82) is 0 Å². The summed E-state index contributed by atoms with van der Waals surface area (Å²) in [4.78, 5) is 46.8. The Hall–Kier alpha value is -2.83. The predicted octanol–water partition coefficient (Wildman–Crippen LogP) is 11.2. The molecule has 7 N–H and O–H groups in total. The molecule has 18 heteroatoms. The summed E-state index contributed by atoms with van der Waals surface area (Å²) in [6, 6.07) is 6.62. The Morgan fingerprint density at radius 1 is 0.590 bits per heavy atom. The molecule has 0 saturated carbocycles. The van der Waals surface area contributed by atoms with E-state index in [0.29, 0.717) is 51.0 Å². The fraction of sp³-hybridized carbons (Fsp3) is 0.833. The number of rotatable bonds is 55. The van der Waals surface area contributed by atoms with Gasteiger partial charge >= 0.3 is 20.5 Å². The van der Waals surface area contributed by atoms with Crippen molar-refractivity contribution < 1.29 is 72.5 Å². The maximum absolute atomic E-state index is 12.7. The molecule has 5 atom stereocenters. The quantitative estimate of drug-likeness (QED) is 0.0105. The van der Waals surface area contributed by atoms with Gasteiger partial charge in [0.1, 0.15) is 30.9 Å². The van der Waals surface area contributed by atoms with Gasteiger partial charge in [0, 0.05) is 45.9 Å². The molecule has 0 radical (unpaired) electrons. The van der Waals surface area contributed by atoms with Crippen LogP contribution in [0.5, 0.6) is 5.75 Å². The molecule has 1 aromatic carbocycles. The fourth-order valence-corrected chi connectivity index (χ4v) is 9.37. The van der Waals surface area contributed by atoms with Gasteiger partial charge in [-0.2, -0.15) is 0 Å². The third-order valence-corrected chi connectivity index (χ3v) is 14.5. The van der Waals surface area contributed by atoms with E-state index in [0.717, 1.165) is 44.1 Å². The highest BCUT2D eigenvalue weighted by Gasteiger charge is 2.32. The summed E-state index contributed by atoms with van der Waals surface area (Å²) >= 11 is 0. The Labute approximate surface area is 472 Å². The van der Waals surface area contributed by atoms with Crippen LogP contribution in [-0.2, 0) is 48.6 Å². The van der Waals surface area contributed by atoms with Gasteiger partial charge in [-0.25, -0.2) is 0 Å². The lowest BCUT2D eigenvalue weighted by Crippen LogP contribution is -2.48. The number of carbonyl (C=O) groups is 4. The molecule has 1 amide bonds. The summed E-state index contributed by atoms with van der Waals surface area (Å²) in [7, 11) is 1.80. The minimum atomic E-state index is -2.16. The molecule has 1 rings (SSSR count). The fourth-order valence-electron chi connectivity index (χ4n) is 8.55. The van der Waals surface area contributed by atoms with Gasteiger partial charge in [-0.15, -0.1) is 0 Å². The number of aliphatic hydroxyl groups is 5. The number of ether oxygens (including phenoxy) is 3. The van der Waals surface area contributed by atoms with Crippen molar-refractivity contribution in [3.8, 4) is 5.75 Å². The van der Waals surface area contributed by atoms with Crippen LogP contribution in [0.4, 0.5) is 0 Å². The maximum atomic E-state index is 12.7. The number of hydrogen-bond acceptors (Lipinski definition) is 16. The summed E-state index contributed by atoms with van der Waals surface area (Å²) in [5.74, 6) is -0.417. The Bertz CT molecular complexity index is 1510. The number of hydrogen-bond donors (Lipinski definition) is 7. The Morgan fingerprint density at radius 3 is 1.47 bits per heavy atom. The summed E-state index contributed by atoms with van der Waals surface area (Å²) in [6.45, 7) is 5.45. The zero-order valence-corrected chi connectivity index (χ0v) is 49.9. The van der Waals surface area contributed by atoms with Gasteiger partial charge in [0.05, 0.1) is 19.8 Å². The van der Waals surface area contributed by atoms with Crippen molar-refractivity contribution in [2.24, 2.45) is 0 Å². The molecular formula is C60H111N2O15P. The Morgan fingerprint density at radius 2 is 1.05 bits per heavy atom. The summed E-state index contributed by atoms with van der Waals surface area (Å²) in [5, 5.41) is 51.9. The first-order chi connectivity index (χ1) is 37.9. The number of amides is 1. The number of likely N-dealkylation sites (N-methyl/N-ethyl adjacent to an activating group) is 1. The molecule has 0 aromatic heterocycles. The van der Waals surface area contributed by atoms with Crippen LogP contribution in [0.25, 0.3) is 0 Å². The van der Waals surface area contributed by atoms with Crippen molar-refractivity contribution in [3.63, 3.8) is 0 Å². The highest BCUT2D eigenvalue weighted by molar-refractivity contribution is 7.41. The predicted molar refractivity (Wildman–Crippen MR) is 310 cm³/mol. The van der Waals surface area contributed by atoms with Crippen LogP contribution in [0.3, 0.4) is 0 Å². The van der Waals surface area contributed by atoms with E-state index >= 15 is 0 Å². The molecule has 0 spiro atoms. The number of aliphatic hydroxyl groups excluding tert-OH is 4. The summed E-state index contributed by atoms with van der Waals surface area (Å²) in [5.41, 5.74) is 0.903. The normalized spacial score (nSPS) is 13.3. The minimum Gasteiger partial charge on any atom is -0.485 e. The topological polar surface area (TPSA) is 249 Å². The second-order valence-electron chi connectivity index (χ2n) is 20.5. The number of nitrogens with one attached hydrogen (secondary N) is 2. The maximum Gasteiger partial charge on any atom is 0.332 e. The lowest BCUT2D eigenvalue weighted by molar-refractivity contribution is -0.177. The molecule has 0 fully saturated rings. The number of unbranched alkanes of at least 4 members (excludes halogenated alkanes) is 28. The molecule has 0 aliphatic carbocycles. The van der Waals surface area contributed by atoms with E-state index < -0.39 is 45.9 Å². The van der Waals surface area contributed by atoms with Gasteiger partial charge < -0.3 is 68.7 Å². The van der Waals surface area contributed by atoms with E-state index in [4.69, 9.17) is 38.0 Å². The first-order valence-electron chi connectivity index (χ1n) is 30.3. The van der Waals surface area contributed by atoms with Crippen LogP contribution < -0.4 is 15.4 Å². The number of carbonyl (C=O) groups excluding carboxylic acids is 4. The largest absolute Gasteiger partial charge is 0.485 e. The van der Waals surface area contributed by atoms with Gasteiger partial charge in [0.15, 0.2) is 18.5 Å². The standard InChI is InChI=1S/C43H86NO7P.C17H25NO8/c1-5-7-9-11-13-15-17-19-21-23-25-27-29-31-33-35-42(45)48-39-41(40-50-52(47-4)49-38-37-44-3)51-43(46)36-34-32-30-28-26-24-22-20-18-16-14-12-10-8-6-2;19-9-1-2-14(21)18-8-7-11-3-5-12(6-4-11)26-13(10-20)15(22)16(23)17(24)25/h41,44H,5-40H2,1-4H3;3-6,9,13,15-17,20,22-25H,1-2,7-8,10H2,(H,18,21). The Kier molecular flexibility index (Phi) is 54.0. The van der Waals surface area contributed by atoms with Crippen molar-refractivity contribution >= 4 is 32.7 Å². The molecular weight excluding hydrogens is 1020 g/mol. The first-order valence-corrected chi connectivity index (χ1v) is 31.4. The van der Waals surface area contributed by atoms with E-state index in [1.807, 2.05) is 7.05 Å². The van der Waals surface area contributed by atoms with E-state index in [1.54, 1.807) is 24.3 Å². The molecule has 0 saturated heterocycles. The van der Waals surface area contributed by atoms with Gasteiger partial charge in [0.2, 0.25) is 5.91 Å². The monoisotopic (exact) mass is 1130 g/mol. The average Bonchev–Trinajstić information content (AvgIpc) is 3.44. The third-order valence-electron chi connectivity index (χ3n) is 13.4. The van der Waals surface area contributed by atoms with Crippen LogP contribution in [0.2, 0.25) is 0 Å². The summed E-state index contributed by atoms with van der Waals surface area (Å²) < 4.78 is 33.3. The van der Waals surface area contributed by atoms with Gasteiger partial charge in [-0.1, -0.05) is 206 Å². The van der Waals surface area contributed by atoms with E-state index in [9.17, 15) is 34.5 Å². The SMILES string of the molecule is CCCCCCCCCCCCCCCCCC(=O)OCC(COP(OC)OCCNC)OC(=O)CCCCCCCCCCCCCCCCC.O=CCCC(=O)NCCc1ccc(OC(CO)C(O)C(O)C(O)O)cc1. The second-order valence-corrected chi connectivity index (χ2v) is 21.8.